The molecule has 0 saturated heterocycles. The normalized spacial score (nSPS) is 11.0. The number of aryl methyl sites for hydroxylation is 1. The molecule has 0 aliphatic heterocycles. The monoisotopic (exact) mass is 396 g/mol. The maximum Gasteiger partial charge on any atom is 0.340 e. The highest BCUT2D eigenvalue weighted by atomic mass is 35.5. The Kier molecular flexibility index (Phi) is 6.36. The SMILES string of the molecule is CNS(=O)(=O)c1ccc(Cl)c(C(=O)OCC(=O)Nc2ccccc2C)c1. The molecule has 26 heavy (non-hydrogen) atoms. The van der Waals surface area contributed by atoms with E-state index < -0.39 is 28.5 Å². The molecule has 0 heterocycles. The van der Waals surface area contributed by atoms with E-state index in [1.807, 2.05) is 19.1 Å². The zero-order valence-electron chi connectivity index (χ0n) is 14.1. The highest BCUT2D eigenvalue weighted by Crippen LogP contribution is 2.21. The van der Waals surface area contributed by atoms with Crippen LogP contribution in [0, 0.1) is 6.92 Å². The number of amides is 1. The molecule has 2 aromatic carbocycles. The highest BCUT2D eigenvalue weighted by Gasteiger charge is 2.19. The number of hydrogen-bond acceptors (Lipinski definition) is 5. The number of carbonyl (C=O) groups excluding carboxylic acids is 2. The first kappa shape index (κ1) is 19.9. The van der Waals surface area contributed by atoms with Crippen molar-refractivity contribution >= 4 is 39.2 Å². The Morgan fingerprint density at radius 2 is 1.85 bits per heavy atom. The number of ether oxygens (including phenoxy) is 1. The molecule has 0 unspecified atom stereocenters. The zero-order valence-corrected chi connectivity index (χ0v) is 15.6. The number of benzene rings is 2. The fraction of sp³-hybridized carbons (Fsp3) is 0.176. The van der Waals surface area contributed by atoms with Gasteiger partial charge in [0.25, 0.3) is 5.91 Å². The smallest absolute Gasteiger partial charge is 0.340 e. The molecule has 0 atom stereocenters. The van der Waals surface area contributed by atoms with Gasteiger partial charge in [-0.05, 0) is 43.8 Å². The lowest BCUT2D eigenvalue weighted by atomic mass is 10.2. The molecule has 0 radical (unpaired) electrons. The Bertz CT molecular complexity index is 944. The quantitative estimate of drug-likeness (QED) is 0.730. The summed E-state index contributed by atoms with van der Waals surface area (Å²) in [6.07, 6.45) is 0. The molecule has 0 saturated carbocycles. The van der Waals surface area contributed by atoms with Crippen molar-refractivity contribution in [2.75, 3.05) is 19.0 Å². The Morgan fingerprint density at radius 3 is 2.50 bits per heavy atom. The van der Waals surface area contributed by atoms with Crippen molar-refractivity contribution in [1.29, 1.82) is 0 Å². The second-order valence-corrected chi connectivity index (χ2v) is 7.58. The summed E-state index contributed by atoms with van der Waals surface area (Å²) in [5, 5.41) is 2.64. The van der Waals surface area contributed by atoms with E-state index in [4.69, 9.17) is 16.3 Å². The molecule has 0 bridgehead atoms. The van der Waals surface area contributed by atoms with Crippen LogP contribution >= 0.6 is 11.6 Å². The summed E-state index contributed by atoms with van der Waals surface area (Å²) >= 11 is 5.93. The van der Waals surface area contributed by atoms with Gasteiger partial charge in [-0.2, -0.15) is 0 Å². The van der Waals surface area contributed by atoms with Crippen molar-refractivity contribution in [3.05, 3.63) is 58.6 Å². The third-order valence-electron chi connectivity index (χ3n) is 3.49. The number of carbonyl (C=O) groups is 2. The van der Waals surface area contributed by atoms with Gasteiger partial charge in [-0.3, -0.25) is 4.79 Å². The molecular formula is C17H17ClN2O5S. The van der Waals surface area contributed by atoms with Gasteiger partial charge in [0.05, 0.1) is 15.5 Å². The maximum absolute atomic E-state index is 12.2. The van der Waals surface area contributed by atoms with E-state index in [1.54, 1.807) is 12.1 Å². The molecule has 0 fully saturated rings. The summed E-state index contributed by atoms with van der Waals surface area (Å²) in [6, 6.07) is 10.8. The van der Waals surface area contributed by atoms with Crippen molar-refractivity contribution in [1.82, 2.24) is 4.72 Å². The number of anilines is 1. The standard InChI is InChI=1S/C17H17ClN2O5S/c1-11-5-3-4-6-15(11)20-16(21)10-25-17(22)13-9-12(7-8-14(13)18)26(23,24)19-2/h3-9,19H,10H2,1-2H3,(H,20,21). The van der Waals surface area contributed by atoms with E-state index in [0.29, 0.717) is 5.69 Å². The van der Waals surface area contributed by atoms with E-state index in [2.05, 4.69) is 10.0 Å². The summed E-state index contributed by atoms with van der Waals surface area (Å²) < 4.78 is 30.7. The van der Waals surface area contributed by atoms with Crippen LogP contribution in [0.1, 0.15) is 15.9 Å². The van der Waals surface area contributed by atoms with Crippen LogP contribution in [0.5, 0.6) is 0 Å². The molecular weight excluding hydrogens is 380 g/mol. The van der Waals surface area contributed by atoms with Gasteiger partial charge in [-0.1, -0.05) is 29.8 Å². The lowest BCUT2D eigenvalue weighted by Gasteiger charge is -2.10. The van der Waals surface area contributed by atoms with Crippen LogP contribution < -0.4 is 10.0 Å². The van der Waals surface area contributed by atoms with Gasteiger partial charge in [0.1, 0.15) is 0 Å². The van der Waals surface area contributed by atoms with Crippen LogP contribution in [0.3, 0.4) is 0 Å². The van der Waals surface area contributed by atoms with Crippen LogP contribution in [-0.4, -0.2) is 33.9 Å². The predicted molar refractivity (Wildman–Crippen MR) is 97.8 cm³/mol. The molecule has 0 spiro atoms. The van der Waals surface area contributed by atoms with Crippen molar-refractivity contribution in [3.63, 3.8) is 0 Å². The van der Waals surface area contributed by atoms with Gasteiger partial charge in [-0.25, -0.2) is 17.9 Å². The molecule has 2 N–H and O–H groups in total. The topological polar surface area (TPSA) is 102 Å². The van der Waals surface area contributed by atoms with Gasteiger partial charge in [-0.15, -0.1) is 0 Å². The zero-order chi connectivity index (χ0) is 19.3. The fourth-order valence-electron chi connectivity index (χ4n) is 2.05. The lowest BCUT2D eigenvalue weighted by molar-refractivity contribution is -0.119. The van der Waals surface area contributed by atoms with Crippen molar-refractivity contribution in [3.8, 4) is 0 Å². The second kappa shape index (κ2) is 8.31. The van der Waals surface area contributed by atoms with E-state index in [0.717, 1.165) is 11.6 Å². The van der Waals surface area contributed by atoms with E-state index in [9.17, 15) is 18.0 Å². The molecule has 0 aromatic heterocycles. The van der Waals surface area contributed by atoms with Gasteiger partial charge < -0.3 is 10.1 Å². The van der Waals surface area contributed by atoms with Gasteiger partial charge >= 0.3 is 5.97 Å². The minimum atomic E-state index is -3.74. The minimum Gasteiger partial charge on any atom is -0.452 e. The fourth-order valence-corrected chi connectivity index (χ4v) is 3.00. The Labute approximate surface area is 156 Å². The summed E-state index contributed by atoms with van der Waals surface area (Å²) in [4.78, 5) is 23.9. The summed E-state index contributed by atoms with van der Waals surface area (Å²) in [5.74, 6) is -1.43. The Morgan fingerprint density at radius 1 is 1.15 bits per heavy atom. The van der Waals surface area contributed by atoms with E-state index in [1.165, 1.54) is 19.2 Å². The minimum absolute atomic E-state index is 0.0179. The predicted octanol–water partition coefficient (Wildman–Crippen LogP) is 2.35. The number of sulfonamides is 1. The molecule has 1 amide bonds. The first-order chi connectivity index (χ1) is 12.2. The van der Waals surface area contributed by atoms with Gasteiger partial charge in [0.15, 0.2) is 6.61 Å². The molecule has 9 heteroatoms. The number of esters is 1. The van der Waals surface area contributed by atoms with Crippen molar-refractivity contribution in [2.24, 2.45) is 0 Å². The average Bonchev–Trinajstić information content (AvgIpc) is 2.62. The summed E-state index contributed by atoms with van der Waals surface area (Å²) in [6.45, 7) is 1.29. The number of para-hydroxylation sites is 1. The van der Waals surface area contributed by atoms with Crippen LogP contribution in [-0.2, 0) is 19.6 Å². The molecule has 0 aliphatic rings. The van der Waals surface area contributed by atoms with Gasteiger partial charge in [0.2, 0.25) is 10.0 Å². The van der Waals surface area contributed by atoms with Crippen LogP contribution in [0.4, 0.5) is 5.69 Å². The number of hydrogen-bond donors (Lipinski definition) is 2. The van der Waals surface area contributed by atoms with E-state index in [-0.39, 0.29) is 15.5 Å². The molecule has 0 aliphatic carbocycles. The number of rotatable bonds is 6. The largest absolute Gasteiger partial charge is 0.452 e. The molecule has 138 valence electrons. The Hall–Kier alpha value is -2.42. The third-order valence-corrected chi connectivity index (χ3v) is 5.23. The summed E-state index contributed by atoms with van der Waals surface area (Å²) in [5.41, 5.74) is 1.32. The Balaban J connectivity index is 2.07. The van der Waals surface area contributed by atoms with Crippen LogP contribution in [0.15, 0.2) is 47.4 Å². The maximum atomic E-state index is 12.2. The van der Waals surface area contributed by atoms with Crippen molar-refractivity contribution < 1.29 is 22.7 Å². The lowest BCUT2D eigenvalue weighted by Crippen LogP contribution is -2.22. The average molecular weight is 397 g/mol. The van der Waals surface area contributed by atoms with E-state index >= 15 is 0 Å². The third kappa shape index (κ3) is 4.81. The molecule has 2 aromatic rings. The number of halogens is 1. The number of nitrogens with one attached hydrogen (secondary N) is 2. The highest BCUT2D eigenvalue weighted by molar-refractivity contribution is 7.89. The molecule has 7 nitrogen and oxygen atoms in total. The van der Waals surface area contributed by atoms with Crippen molar-refractivity contribution in [2.45, 2.75) is 11.8 Å². The van der Waals surface area contributed by atoms with Crippen LogP contribution in [0.25, 0.3) is 0 Å². The first-order valence-electron chi connectivity index (χ1n) is 7.50. The molecule has 2 rings (SSSR count). The summed E-state index contributed by atoms with van der Waals surface area (Å²) in [7, 11) is -2.50. The second-order valence-electron chi connectivity index (χ2n) is 5.29. The first-order valence-corrected chi connectivity index (χ1v) is 9.36. The van der Waals surface area contributed by atoms with Gasteiger partial charge in [0, 0.05) is 5.69 Å². The van der Waals surface area contributed by atoms with Crippen LogP contribution in [0.2, 0.25) is 5.02 Å².